The number of ether oxygens (including phenoxy) is 2. The maximum atomic E-state index is 11.0. The number of carbonyl (C=O) groups is 1. The number of methoxy groups -OCH3 is 1. The van der Waals surface area contributed by atoms with Crippen molar-refractivity contribution in [2.45, 2.75) is 19.3 Å². The van der Waals surface area contributed by atoms with Crippen molar-refractivity contribution in [3.63, 3.8) is 0 Å². The van der Waals surface area contributed by atoms with Crippen molar-refractivity contribution in [3.05, 3.63) is 29.8 Å². The number of likely N-dealkylation sites (N-methyl/N-ethyl adjacent to an activating group) is 1. The minimum atomic E-state index is -0.155. The summed E-state index contributed by atoms with van der Waals surface area (Å²) in [7, 11) is 3.43. The largest absolute Gasteiger partial charge is 0.492 e. The van der Waals surface area contributed by atoms with Gasteiger partial charge in [0.2, 0.25) is 0 Å². The fraction of sp³-hybridized carbons (Fsp3) is 0.562. The van der Waals surface area contributed by atoms with Crippen molar-refractivity contribution < 1.29 is 14.3 Å². The highest BCUT2D eigenvalue weighted by atomic mass is 16.5. The van der Waals surface area contributed by atoms with Gasteiger partial charge in [0, 0.05) is 13.0 Å². The topological polar surface area (TPSA) is 64.8 Å². The number of nitrogens with zero attached hydrogens (tertiary/aromatic N) is 1. The van der Waals surface area contributed by atoms with E-state index in [1.54, 1.807) is 0 Å². The van der Waals surface area contributed by atoms with E-state index in [0.29, 0.717) is 19.6 Å². The maximum absolute atomic E-state index is 11.0. The number of rotatable bonds is 10. The lowest BCUT2D eigenvalue weighted by Gasteiger charge is -2.16. The van der Waals surface area contributed by atoms with E-state index in [4.69, 9.17) is 10.5 Å². The van der Waals surface area contributed by atoms with E-state index in [1.165, 1.54) is 12.7 Å². The van der Waals surface area contributed by atoms with Gasteiger partial charge in [0.1, 0.15) is 12.4 Å². The lowest BCUT2D eigenvalue weighted by molar-refractivity contribution is -0.140. The number of benzene rings is 1. The van der Waals surface area contributed by atoms with E-state index < -0.39 is 0 Å². The number of carbonyl (C=O) groups excluding carboxylic acids is 1. The van der Waals surface area contributed by atoms with Crippen LogP contribution in [0.3, 0.4) is 0 Å². The van der Waals surface area contributed by atoms with Crippen molar-refractivity contribution in [2.75, 3.05) is 40.4 Å². The molecule has 118 valence electrons. The molecule has 0 aliphatic heterocycles. The zero-order valence-corrected chi connectivity index (χ0v) is 13.0. The number of nitrogens with two attached hydrogens (primary N) is 1. The van der Waals surface area contributed by atoms with E-state index in [0.717, 1.165) is 31.7 Å². The molecule has 0 unspecified atom stereocenters. The summed E-state index contributed by atoms with van der Waals surface area (Å²) in [6, 6.07) is 8.04. The quantitative estimate of drug-likeness (QED) is 0.662. The predicted octanol–water partition coefficient (Wildman–Crippen LogP) is 1.45. The van der Waals surface area contributed by atoms with Crippen LogP contribution >= 0.6 is 0 Å². The lowest BCUT2D eigenvalue weighted by Crippen LogP contribution is -2.25. The van der Waals surface area contributed by atoms with Gasteiger partial charge in [0.05, 0.1) is 7.11 Å². The van der Waals surface area contributed by atoms with Gasteiger partial charge in [0.25, 0.3) is 0 Å². The van der Waals surface area contributed by atoms with Gasteiger partial charge in [-0.1, -0.05) is 12.1 Å². The molecule has 1 aromatic carbocycles. The maximum Gasteiger partial charge on any atom is 0.305 e. The summed E-state index contributed by atoms with van der Waals surface area (Å²) in [5.74, 6) is 0.718. The molecule has 5 heteroatoms. The molecule has 5 nitrogen and oxygen atoms in total. The number of esters is 1. The van der Waals surface area contributed by atoms with E-state index in [1.807, 2.05) is 31.3 Å². The van der Waals surface area contributed by atoms with Crippen LogP contribution in [-0.4, -0.2) is 51.3 Å². The molecule has 21 heavy (non-hydrogen) atoms. The van der Waals surface area contributed by atoms with Crippen molar-refractivity contribution in [3.8, 4) is 5.75 Å². The molecule has 0 heterocycles. The molecule has 0 atom stereocenters. The fourth-order valence-electron chi connectivity index (χ4n) is 1.95. The third-order valence-electron chi connectivity index (χ3n) is 3.25. The third kappa shape index (κ3) is 7.68. The van der Waals surface area contributed by atoms with E-state index in [2.05, 4.69) is 9.64 Å². The van der Waals surface area contributed by atoms with Crippen LogP contribution in [-0.2, 0) is 16.0 Å². The van der Waals surface area contributed by atoms with Crippen molar-refractivity contribution in [2.24, 2.45) is 5.73 Å². The van der Waals surface area contributed by atoms with Crippen molar-refractivity contribution >= 4 is 5.97 Å². The van der Waals surface area contributed by atoms with Gasteiger partial charge in [-0.3, -0.25) is 4.79 Å². The Hall–Kier alpha value is -1.59. The van der Waals surface area contributed by atoms with Crippen LogP contribution in [0.15, 0.2) is 24.3 Å². The second-order valence-electron chi connectivity index (χ2n) is 5.01. The van der Waals surface area contributed by atoms with Crippen LogP contribution < -0.4 is 10.5 Å². The minimum absolute atomic E-state index is 0.155. The van der Waals surface area contributed by atoms with Crippen LogP contribution in [0.1, 0.15) is 18.4 Å². The molecule has 0 fully saturated rings. The highest BCUT2D eigenvalue weighted by Gasteiger charge is 2.03. The van der Waals surface area contributed by atoms with Gasteiger partial charge in [-0.05, 0) is 50.7 Å². The molecule has 0 radical (unpaired) electrons. The molecule has 0 amide bonds. The average molecular weight is 294 g/mol. The first-order valence-electron chi connectivity index (χ1n) is 7.33. The van der Waals surface area contributed by atoms with Crippen LogP contribution in [0.5, 0.6) is 5.75 Å². The second-order valence-corrected chi connectivity index (χ2v) is 5.01. The van der Waals surface area contributed by atoms with Crippen LogP contribution in [0, 0.1) is 0 Å². The SMILES string of the molecule is COC(=O)CCCN(C)CCOc1ccc(CCN)cc1. The zero-order chi connectivity index (χ0) is 15.5. The Labute approximate surface area is 127 Å². The summed E-state index contributed by atoms with van der Waals surface area (Å²) in [5, 5.41) is 0. The van der Waals surface area contributed by atoms with Gasteiger partial charge in [-0.25, -0.2) is 0 Å². The normalized spacial score (nSPS) is 10.7. The van der Waals surface area contributed by atoms with E-state index in [-0.39, 0.29) is 5.97 Å². The second kappa shape index (κ2) is 10.2. The summed E-state index contributed by atoms with van der Waals surface area (Å²) in [4.78, 5) is 13.1. The van der Waals surface area contributed by atoms with Crippen LogP contribution in [0.25, 0.3) is 0 Å². The molecule has 1 aromatic rings. The van der Waals surface area contributed by atoms with E-state index >= 15 is 0 Å². The Morgan fingerprint density at radius 2 is 1.95 bits per heavy atom. The van der Waals surface area contributed by atoms with Crippen molar-refractivity contribution in [1.82, 2.24) is 4.90 Å². The highest BCUT2D eigenvalue weighted by molar-refractivity contribution is 5.69. The Bertz CT molecular complexity index is 406. The van der Waals surface area contributed by atoms with Gasteiger partial charge < -0.3 is 20.1 Å². The summed E-state index contributed by atoms with van der Waals surface area (Å²) >= 11 is 0. The minimum Gasteiger partial charge on any atom is -0.492 e. The molecule has 0 spiro atoms. The predicted molar refractivity (Wildman–Crippen MR) is 83.4 cm³/mol. The molecule has 0 saturated carbocycles. The van der Waals surface area contributed by atoms with Crippen LogP contribution in [0.2, 0.25) is 0 Å². The molecule has 0 aromatic heterocycles. The van der Waals surface area contributed by atoms with E-state index in [9.17, 15) is 4.79 Å². The Morgan fingerprint density at radius 3 is 2.57 bits per heavy atom. The Balaban J connectivity index is 2.16. The smallest absolute Gasteiger partial charge is 0.305 e. The summed E-state index contributed by atoms with van der Waals surface area (Å²) < 4.78 is 10.3. The molecule has 2 N–H and O–H groups in total. The van der Waals surface area contributed by atoms with Gasteiger partial charge >= 0.3 is 5.97 Å². The first-order chi connectivity index (χ1) is 10.2. The number of hydrogen-bond acceptors (Lipinski definition) is 5. The molecule has 0 aliphatic rings. The van der Waals surface area contributed by atoms with Gasteiger partial charge in [0.15, 0.2) is 0 Å². The first kappa shape index (κ1) is 17.5. The Kier molecular flexibility index (Phi) is 8.47. The molecule has 1 rings (SSSR count). The Morgan fingerprint density at radius 1 is 1.24 bits per heavy atom. The zero-order valence-electron chi connectivity index (χ0n) is 13.0. The molecular weight excluding hydrogens is 268 g/mol. The molecule has 0 bridgehead atoms. The third-order valence-corrected chi connectivity index (χ3v) is 3.25. The molecular formula is C16H26N2O3. The summed E-state index contributed by atoms with van der Waals surface area (Å²) in [6.45, 7) is 2.97. The van der Waals surface area contributed by atoms with Crippen LogP contribution in [0.4, 0.5) is 0 Å². The monoisotopic (exact) mass is 294 g/mol. The number of hydrogen-bond donors (Lipinski definition) is 1. The summed E-state index contributed by atoms with van der Waals surface area (Å²) in [5.41, 5.74) is 6.74. The standard InChI is InChI=1S/C16H26N2O3/c1-18(11-3-4-16(19)20-2)12-13-21-15-7-5-14(6-8-15)9-10-17/h5-8H,3-4,9-13,17H2,1-2H3. The average Bonchev–Trinajstić information content (AvgIpc) is 2.49. The fourth-order valence-corrected chi connectivity index (χ4v) is 1.95. The van der Waals surface area contributed by atoms with Gasteiger partial charge in [-0.15, -0.1) is 0 Å². The van der Waals surface area contributed by atoms with Gasteiger partial charge in [-0.2, -0.15) is 0 Å². The first-order valence-corrected chi connectivity index (χ1v) is 7.33. The molecule has 0 saturated heterocycles. The summed E-state index contributed by atoms with van der Waals surface area (Å²) in [6.07, 6.45) is 2.16. The molecule has 0 aliphatic carbocycles. The lowest BCUT2D eigenvalue weighted by atomic mass is 10.1. The highest BCUT2D eigenvalue weighted by Crippen LogP contribution is 2.12. The van der Waals surface area contributed by atoms with Crippen molar-refractivity contribution in [1.29, 1.82) is 0 Å².